The molecule has 132 valence electrons. The third-order valence-corrected chi connectivity index (χ3v) is 4.25. The van der Waals surface area contributed by atoms with Crippen LogP contribution in [0.5, 0.6) is 5.75 Å². The number of rotatable bonds is 5. The highest BCUT2D eigenvalue weighted by molar-refractivity contribution is 6.32. The summed E-state index contributed by atoms with van der Waals surface area (Å²) in [6.45, 7) is -0.490. The average Bonchev–Trinajstić information content (AvgIpc) is 2.83. The fraction of sp³-hybridized carbons (Fsp3) is 0.353. The molecule has 0 unspecified atom stereocenters. The van der Waals surface area contributed by atoms with Gasteiger partial charge in [0.2, 0.25) is 0 Å². The topological polar surface area (TPSA) is 102 Å². The van der Waals surface area contributed by atoms with E-state index in [-0.39, 0.29) is 16.7 Å². The van der Waals surface area contributed by atoms with E-state index in [0.717, 1.165) is 43.4 Å². The summed E-state index contributed by atoms with van der Waals surface area (Å²) in [4.78, 5) is 23.0. The molecule has 0 radical (unpaired) electrons. The summed E-state index contributed by atoms with van der Waals surface area (Å²) in [5, 5.41) is 15.5. The van der Waals surface area contributed by atoms with Crippen molar-refractivity contribution in [2.24, 2.45) is 0 Å². The molecule has 1 aliphatic rings. The Hall–Kier alpha value is -2.54. The van der Waals surface area contributed by atoms with Crippen molar-refractivity contribution in [3.8, 4) is 5.75 Å². The van der Waals surface area contributed by atoms with Crippen LogP contribution in [0.2, 0.25) is 5.02 Å². The molecular formula is C17H17ClN2O5. The van der Waals surface area contributed by atoms with Crippen LogP contribution in [0.3, 0.4) is 0 Å². The van der Waals surface area contributed by atoms with Gasteiger partial charge in [-0.3, -0.25) is 4.79 Å². The SMILES string of the molecule is O=C(O)COc1ccc(NC(=O)c2noc3c2CCCCC3)cc1Cl. The Morgan fingerprint density at radius 2 is 2.08 bits per heavy atom. The number of hydrogen-bond donors (Lipinski definition) is 2. The molecule has 0 spiro atoms. The minimum absolute atomic E-state index is 0.207. The molecule has 0 fully saturated rings. The van der Waals surface area contributed by atoms with E-state index in [1.807, 2.05) is 0 Å². The first-order valence-corrected chi connectivity index (χ1v) is 8.35. The first kappa shape index (κ1) is 17.3. The molecule has 1 aromatic heterocycles. The van der Waals surface area contributed by atoms with Gasteiger partial charge in [0.1, 0.15) is 11.5 Å². The van der Waals surface area contributed by atoms with Crippen molar-refractivity contribution in [3.63, 3.8) is 0 Å². The van der Waals surface area contributed by atoms with Crippen LogP contribution in [0, 0.1) is 0 Å². The molecule has 2 aromatic rings. The Morgan fingerprint density at radius 1 is 1.28 bits per heavy atom. The van der Waals surface area contributed by atoms with Gasteiger partial charge >= 0.3 is 5.97 Å². The number of anilines is 1. The van der Waals surface area contributed by atoms with E-state index in [9.17, 15) is 9.59 Å². The smallest absolute Gasteiger partial charge is 0.341 e. The fourth-order valence-corrected chi connectivity index (χ4v) is 3.00. The number of ether oxygens (including phenoxy) is 1. The van der Waals surface area contributed by atoms with E-state index in [2.05, 4.69) is 10.5 Å². The highest BCUT2D eigenvalue weighted by Gasteiger charge is 2.23. The Kier molecular flexibility index (Phi) is 5.23. The zero-order chi connectivity index (χ0) is 17.8. The number of nitrogens with zero attached hydrogens (tertiary/aromatic N) is 1. The second kappa shape index (κ2) is 7.57. The summed E-state index contributed by atoms with van der Waals surface area (Å²) in [5.74, 6) is -0.433. The number of aliphatic carboxylic acids is 1. The Bertz CT molecular complexity index is 802. The molecule has 3 rings (SSSR count). The molecular weight excluding hydrogens is 348 g/mol. The van der Waals surface area contributed by atoms with Crippen LogP contribution in [0.25, 0.3) is 0 Å². The Labute approximate surface area is 148 Å². The third kappa shape index (κ3) is 4.11. The molecule has 0 bridgehead atoms. The van der Waals surface area contributed by atoms with Gasteiger partial charge in [0.25, 0.3) is 5.91 Å². The van der Waals surface area contributed by atoms with Crippen LogP contribution in [0.1, 0.15) is 41.1 Å². The number of carbonyl (C=O) groups is 2. The molecule has 1 heterocycles. The summed E-state index contributed by atoms with van der Waals surface area (Å²) in [7, 11) is 0. The van der Waals surface area contributed by atoms with Crippen LogP contribution in [-0.2, 0) is 17.6 Å². The molecule has 2 N–H and O–H groups in total. The highest BCUT2D eigenvalue weighted by Crippen LogP contribution is 2.29. The molecule has 0 atom stereocenters. The summed E-state index contributed by atoms with van der Waals surface area (Å²) in [6, 6.07) is 4.58. The standard InChI is InChI=1S/C17H17ClN2O5/c18-12-8-10(6-7-14(12)24-9-15(21)22)19-17(23)16-11-4-2-1-3-5-13(11)25-20-16/h6-8H,1-5,9H2,(H,19,23)(H,21,22). The molecule has 8 heteroatoms. The highest BCUT2D eigenvalue weighted by atomic mass is 35.5. The lowest BCUT2D eigenvalue weighted by Gasteiger charge is -2.09. The minimum atomic E-state index is -1.10. The van der Waals surface area contributed by atoms with Crippen LogP contribution in [0.15, 0.2) is 22.7 Å². The maximum atomic E-state index is 12.5. The predicted molar refractivity (Wildman–Crippen MR) is 90.3 cm³/mol. The lowest BCUT2D eigenvalue weighted by atomic mass is 10.1. The number of halogens is 1. The first-order valence-electron chi connectivity index (χ1n) is 7.97. The van der Waals surface area contributed by atoms with Gasteiger partial charge in [0, 0.05) is 17.7 Å². The lowest BCUT2D eigenvalue weighted by Crippen LogP contribution is -2.15. The number of carboxylic acid groups (broad SMARTS) is 1. The summed E-state index contributed by atoms with van der Waals surface area (Å²) in [6.07, 6.45) is 4.74. The van der Waals surface area contributed by atoms with Crippen molar-refractivity contribution in [2.75, 3.05) is 11.9 Å². The monoisotopic (exact) mass is 364 g/mol. The maximum absolute atomic E-state index is 12.5. The Morgan fingerprint density at radius 3 is 2.84 bits per heavy atom. The molecule has 0 aliphatic heterocycles. The fourth-order valence-electron chi connectivity index (χ4n) is 2.77. The normalized spacial score (nSPS) is 13.6. The quantitative estimate of drug-likeness (QED) is 0.789. The van der Waals surface area contributed by atoms with Crippen LogP contribution in [0.4, 0.5) is 5.69 Å². The van der Waals surface area contributed by atoms with Gasteiger partial charge in [-0.15, -0.1) is 0 Å². The second-order valence-corrected chi connectivity index (χ2v) is 6.18. The second-order valence-electron chi connectivity index (χ2n) is 5.78. The lowest BCUT2D eigenvalue weighted by molar-refractivity contribution is -0.139. The van der Waals surface area contributed by atoms with Gasteiger partial charge in [-0.05, 0) is 37.5 Å². The van der Waals surface area contributed by atoms with Crippen LogP contribution < -0.4 is 10.1 Å². The molecule has 1 amide bonds. The predicted octanol–water partition coefficient (Wildman–Crippen LogP) is 3.31. The van der Waals surface area contributed by atoms with Gasteiger partial charge in [0.05, 0.1) is 5.02 Å². The van der Waals surface area contributed by atoms with Crippen molar-refractivity contribution >= 4 is 29.2 Å². The number of aryl methyl sites for hydroxylation is 1. The summed E-state index contributed by atoms with van der Waals surface area (Å²) in [5.41, 5.74) is 1.64. The third-order valence-electron chi connectivity index (χ3n) is 3.96. The van der Waals surface area contributed by atoms with E-state index in [1.54, 1.807) is 6.07 Å². The number of hydrogen-bond acceptors (Lipinski definition) is 5. The summed E-state index contributed by atoms with van der Waals surface area (Å²) < 4.78 is 10.4. The van der Waals surface area contributed by atoms with Crippen LogP contribution >= 0.6 is 11.6 Å². The average molecular weight is 365 g/mol. The van der Waals surface area contributed by atoms with Gasteiger partial charge in [0.15, 0.2) is 12.3 Å². The number of nitrogens with one attached hydrogen (secondary N) is 1. The van der Waals surface area contributed by atoms with Crippen LogP contribution in [-0.4, -0.2) is 28.7 Å². The van der Waals surface area contributed by atoms with Gasteiger partial charge in [-0.1, -0.05) is 23.2 Å². The zero-order valence-corrected chi connectivity index (χ0v) is 14.1. The van der Waals surface area contributed by atoms with Crippen molar-refractivity contribution in [1.29, 1.82) is 0 Å². The van der Waals surface area contributed by atoms with E-state index >= 15 is 0 Å². The minimum Gasteiger partial charge on any atom is -0.480 e. The number of carbonyl (C=O) groups excluding carboxylic acids is 1. The molecule has 0 saturated heterocycles. The molecule has 0 saturated carbocycles. The number of benzene rings is 1. The first-order chi connectivity index (χ1) is 12.0. The van der Waals surface area contributed by atoms with Crippen molar-refractivity contribution in [3.05, 3.63) is 40.2 Å². The molecule has 25 heavy (non-hydrogen) atoms. The zero-order valence-electron chi connectivity index (χ0n) is 13.4. The number of aromatic nitrogens is 1. The number of carboxylic acids is 1. The van der Waals surface area contributed by atoms with E-state index in [1.165, 1.54) is 12.1 Å². The van der Waals surface area contributed by atoms with Crippen molar-refractivity contribution in [1.82, 2.24) is 5.16 Å². The van der Waals surface area contributed by atoms with E-state index in [4.69, 9.17) is 26.0 Å². The maximum Gasteiger partial charge on any atom is 0.341 e. The van der Waals surface area contributed by atoms with Gasteiger partial charge in [-0.25, -0.2) is 4.79 Å². The van der Waals surface area contributed by atoms with Crippen molar-refractivity contribution < 1.29 is 24.0 Å². The van der Waals surface area contributed by atoms with E-state index < -0.39 is 12.6 Å². The molecule has 1 aliphatic carbocycles. The molecule has 7 nitrogen and oxygen atoms in total. The molecule has 1 aromatic carbocycles. The van der Waals surface area contributed by atoms with Gasteiger partial charge in [-0.2, -0.15) is 0 Å². The summed E-state index contributed by atoms with van der Waals surface area (Å²) >= 11 is 6.05. The van der Waals surface area contributed by atoms with Crippen molar-refractivity contribution in [2.45, 2.75) is 32.1 Å². The largest absolute Gasteiger partial charge is 0.480 e. The number of amides is 1. The Balaban J connectivity index is 1.72. The van der Waals surface area contributed by atoms with E-state index in [0.29, 0.717) is 11.4 Å². The number of fused-ring (bicyclic) bond motifs is 1. The van der Waals surface area contributed by atoms with Gasteiger partial charge < -0.3 is 19.7 Å².